The number of rotatable bonds is 3. The highest BCUT2D eigenvalue weighted by Gasteiger charge is 2.29. The highest BCUT2D eigenvalue weighted by Crippen LogP contribution is 2.28. The minimum Gasteiger partial charge on any atom is -0.493 e. The highest BCUT2D eigenvalue weighted by molar-refractivity contribution is 7.91. The Bertz CT molecular complexity index is 618. The summed E-state index contributed by atoms with van der Waals surface area (Å²) < 4.78 is 28.2. The van der Waals surface area contributed by atoms with Crippen molar-refractivity contribution < 1.29 is 17.9 Å². The minimum atomic E-state index is -2.91. The molecule has 0 bridgehead atoms. The van der Waals surface area contributed by atoms with Crippen LogP contribution in [0.15, 0.2) is 18.2 Å². The van der Waals surface area contributed by atoms with Gasteiger partial charge in [-0.05, 0) is 36.1 Å². The molecule has 2 aliphatic rings. The molecule has 0 amide bonds. The van der Waals surface area contributed by atoms with E-state index >= 15 is 0 Å². The Kier molecular flexibility index (Phi) is 3.09. The lowest BCUT2D eigenvalue weighted by molar-refractivity contribution is 0.0965. The van der Waals surface area contributed by atoms with Gasteiger partial charge in [0.25, 0.3) is 0 Å². The predicted octanol–water partition coefficient (Wildman–Crippen LogP) is 1.63. The van der Waals surface area contributed by atoms with Gasteiger partial charge in [-0.1, -0.05) is 0 Å². The van der Waals surface area contributed by atoms with Crippen LogP contribution in [0.2, 0.25) is 0 Å². The molecule has 0 N–H and O–H groups in total. The SMILES string of the molecule is O=C(CC1CCS(=O)(=O)C1)c1ccc2c(c1)CCO2. The average Bonchev–Trinajstić information content (AvgIpc) is 2.94. The number of hydrogen-bond acceptors (Lipinski definition) is 4. The van der Waals surface area contributed by atoms with E-state index in [0.717, 1.165) is 17.7 Å². The van der Waals surface area contributed by atoms with Gasteiger partial charge in [0.2, 0.25) is 0 Å². The fourth-order valence-electron chi connectivity index (χ4n) is 2.77. The van der Waals surface area contributed by atoms with Gasteiger partial charge in [-0.15, -0.1) is 0 Å². The number of hydrogen-bond donors (Lipinski definition) is 0. The second kappa shape index (κ2) is 4.63. The van der Waals surface area contributed by atoms with Crippen LogP contribution >= 0.6 is 0 Å². The molecule has 1 unspecified atom stereocenters. The van der Waals surface area contributed by atoms with E-state index in [4.69, 9.17) is 4.74 Å². The van der Waals surface area contributed by atoms with Crippen molar-refractivity contribution in [2.45, 2.75) is 19.3 Å². The quantitative estimate of drug-likeness (QED) is 0.790. The molecule has 0 aliphatic carbocycles. The van der Waals surface area contributed by atoms with Crippen LogP contribution in [-0.4, -0.2) is 32.3 Å². The van der Waals surface area contributed by atoms with Crippen LogP contribution in [0.4, 0.5) is 0 Å². The minimum absolute atomic E-state index is 0.0120. The van der Waals surface area contributed by atoms with Crippen LogP contribution in [0.3, 0.4) is 0 Å². The first-order chi connectivity index (χ1) is 9.03. The summed E-state index contributed by atoms with van der Waals surface area (Å²) in [7, 11) is -2.91. The van der Waals surface area contributed by atoms with Crippen LogP contribution in [0, 0.1) is 5.92 Å². The van der Waals surface area contributed by atoms with Gasteiger partial charge in [0.15, 0.2) is 15.6 Å². The first-order valence-corrected chi connectivity index (χ1v) is 8.35. The topological polar surface area (TPSA) is 60.4 Å². The molecule has 102 valence electrons. The van der Waals surface area contributed by atoms with Gasteiger partial charge in [0.1, 0.15) is 5.75 Å². The van der Waals surface area contributed by atoms with Gasteiger partial charge in [-0.2, -0.15) is 0 Å². The average molecular weight is 280 g/mol. The summed E-state index contributed by atoms with van der Waals surface area (Å²) >= 11 is 0. The molecular formula is C14H16O4S. The first kappa shape index (κ1) is 12.7. The molecule has 2 aliphatic heterocycles. The summed E-state index contributed by atoms with van der Waals surface area (Å²) in [4.78, 5) is 12.2. The molecule has 0 saturated carbocycles. The molecule has 2 heterocycles. The predicted molar refractivity (Wildman–Crippen MR) is 71.3 cm³/mol. The summed E-state index contributed by atoms with van der Waals surface area (Å²) in [6.07, 6.45) is 1.79. The van der Waals surface area contributed by atoms with E-state index < -0.39 is 9.84 Å². The fourth-order valence-corrected chi connectivity index (χ4v) is 4.63. The van der Waals surface area contributed by atoms with E-state index in [9.17, 15) is 13.2 Å². The summed E-state index contributed by atoms with van der Waals surface area (Å²) in [5.41, 5.74) is 1.75. The maximum Gasteiger partial charge on any atom is 0.163 e. The van der Waals surface area contributed by atoms with Crippen molar-refractivity contribution in [3.05, 3.63) is 29.3 Å². The molecule has 1 aromatic carbocycles. The van der Waals surface area contributed by atoms with E-state index in [1.807, 2.05) is 12.1 Å². The van der Waals surface area contributed by atoms with Gasteiger partial charge >= 0.3 is 0 Å². The van der Waals surface area contributed by atoms with Gasteiger partial charge in [-0.25, -0.2) is 8.42 Å². The Labute approximate surface area is 112 Å². The number of benzene rings is 1. The lowest BCUT2D eigenvalue weighted by atomic mass is 9.96. The maximum absolute atomic E-state index is 12.2. The van der Waals surface area contributed by atoms with Crippen molar-refractivity contribution in [1.29, 1.82) is 0 Å². The van der Waals surface area contributed by atoms with Crippen LogP contribution in [0.1, 0.15) is 28.8 Å². The van der Waals surface area contributed by atoms with E-state index in [1.165, 1.54) is 0 Å². The second-order valence-corrected chi connectivity index (χ2v) is 7.55. The number of carbonyl (C=O) groups excluding carboxylic acids is 1. The number of fused-ring (bicyclic) bond motifs is 1. The van der Waals surface area contributed by atoms with Crippen molar-refractivity contribution in [2.24, 2.45) is 5.92 Å². The lowest BCUT2D eigenvalue weighted by Crippen LogP contribution is -2.10. The molecule has 3 rings (SSSR count). The molecule has 1 fully saturated rings. The van der Waals surface area contributed by atoms with Gasteiger partial charge < -0.3 is 4.74 Å². The van der Waals surface area contributed by atoms with E-state index in [-0.39, 0.29) is 23.2 Å². The summed E-state index contributed by atoms with van der Waals surface area (Å²) in [5, 5.41) is 0. The lowest BCUT2D eigenvalue weighted by Gasteiger charge is -2.07. The molecule has 5 heteroatoms. The molecule has 0 aromatic heterocycles. The zero-order valence-electron chi connectivity index (χ0n) is 10.6. The molecule has 4 nitrogen and oxygen atoms in total. The standard InChI is InChI=1S/C14H16O4S/c15-13(7-10-4-6-19(16,17)9-10)11-1-2-14-12(8-11)3-5-18-14/h1-2,8,10H,3-7,9H2. The van der Waals surface area contributed by atoms with E-state index in [2.05, 4.69) is 0 Å². The Balaban J connectivity index is 1.71. The smallest absolute Gasteiger partial charge is 0.163 e. The Hall–Kier alpha value is -1.36. The Morgan fingerprint density at radius 3 is 2.95 bits per heavy atom. The summed E-state index contributed by atoms with van der Waals surface area (Å²) in [6, 6.07) is 5.49. The molecule has 0 spiro atoms. The van der Waals surface area contributed by atoms with Gasteiger partial charge in [-0.3, -0.25) is 4.79 Å². The van der Waals surface area contributed by atoms with E-state index in [1.54, 1.807) is 6.07 Å². The number of carbonyl (C=O) groups is 1. The summed E-state index contributed by atoms with van der Waals surface area (Å²) in [5.74, 6) is 1.27. The van der Waals surface area contributed by atoms with Crippen molar-refractivity contribution in [3.63, 3.8) is 0 Å². The first-order valence-electron chi connectivity index (χ1n) is 6.53. The number of sulfone groups is 1. The molecule has 1 aromatic rings. The third-order valence-electron chi connectivity index (χ3n) is 3.81. The molecule has 19 heavy (non-hydrogen) atoms. The molecule has 1 atom stereocenters. The van der Waals surface area contributed by atoms with E-state index in [0.29, 0.717) is 25.0 Å². The molecule has 1 saturated heterocycles. The second-order valence-electron chi connectivity index (χ2n) is 5.32. The van der Waals surface area contributed by atoms with Gasteiger partial charge in [0, 0.05) is 18.4 Å². The van der Waals surface area contributed by atoms with Crippen molar-refractivity contribution in [2.75, 3.05) is 18.1 Å². The zero-order chi connectivity index (χ0) is 13.5. The van der Waals surface area contributed by atoms with Crippen molar-refractivity contribution in [1.82, 2.24) is 0 Å². The summed E-state index contributed by atoms with van der Waals surface area (Å²) in [6.45, 7) is 0.674. The van der Waals surface area contributed by atoms with Crippen LogP contribution < -0.4 is 4.74 Å². The van der Waals surface area contributed by atoms with Crippen LogP contribution in [0.5, 0.6) is 5.75 Å². The zero-order valence-corrected chi connectivity index (χ0v) is 11.4. The van der Waals surface area contributed by atoms with Crippen molar-refractivity contribution in [3.8, 4) is 5.75 Å². The largest absolute Gasteiger partial charge is 0.493 e. The fraction of sp³-hybridized carbons (Fsp3) is 0.500. The monoisotopic (exact) mass is 280 g/mol. The van der Waals surface area contributed by atoms with Crippen LogP contribution in [0.25, 0.3) is 0 Å². The maximum atomic E-state index is 12.2. The third kappa shape index (κ3) is 2.66. The molecular weight excluding hydrogens is 264 g/mol. The molecule has 0 radical (unpaired) electrons. The normalized spacial score (nSPS) is 23.9. The van der Waals surface area contributed by atoms with Crippen LogP contribution in [-0.2, 0) is 16.3 Å². The third-order valence-corrected chi connectivity index (χ3v) is 5.65. The van der Waals surface area contributed by atoms with Crippen molar-refractivity contribution >= 4 is 15.6 Å². The Morgan fingerprint density at radius 2 is 2.21 bits per heavy atom. The highest BCUT2D eigenvalue weighted by atomic mass is 32.2. The number of Topliss-reactive ketones (excluding diaryl/α,β-unsaturated/α-hetero) is 1. The van der Waals surface area contributed by atoms with Gasteiger partial charge in [0.05, 0.1) is 18.1 Å². The number of ether oxygens (including phenoxy) is 1. The number of ketones is 1. The Morgan fingerprint density at radius 1 is 1.37 bits per heavy atom.